The van der Waals surface area contributed by atoms with Crippen molar-refractivity contribution in [2.45, 2.75) is 83.1 Å². The molecule has 4 aromatic rings. The molecule has 4 aromatic carbocycles. The standard InChI is InChI=1S/C36H42O2/c1-19-13-31(14-20(2)25(19)7)37-35-23(5)17-33(27(9)29(35)11)34-18-24(6)36(30(12)28(34)10)38-32-15-21(3)26(8)22(4)16-32/h13-18H,1-12H3. The second-order valence-electron chi connectivity index (χ2n) is 11.2. The Balaban J connectivity index is 1.75. The highest BCUT2D eigenvalue weighted by molar-refractivity contribution is 5.77. The van der Waals surface area contributed by atoms with Crippen LogP contribution in [0.25, 0.3) is 11.1 Å². The van der Waals surface area contributed by atoms with Crippen LogP contribution in [0.3, 0.4) is 0 Å². The van der Waals surface area contributed by atoms with E-state index in [2.05, 4.69) is 119 Å². The van der Waals surface area contributed by atoms with E-state index in [0.717, 1.165) is 34.1 Å². The summed E-state index contributed by atoms with van der Waals surface area (Å²) in [6.07, 6.45) is 0. The van der Waals surface area contributed by atoms with Gasteiger partial charge in [-0.15, -0.1) is 0 Å². The molecule has 2 nitrogen and oxygen atoms in total. The van der Waals surface area contributed by atoms with Crippen LogP contribution in [0.15, 0.2) is 36.4 Å². The molecule has 0 bridgehead atoms. The lowest BCUT2D eigenvalue weighted by Gasteiger charge is -2.22. The first kappa shape index (κ1) is 27.5. The molecule has 0 aromatic heterocycles. The van der Waals surface area contributed by atoms with Gasteiger partial charge in [0.15, 0.2) is 0 Å². The van der Waals surface area contributed by atoms with Gasteiger partial charge in [0.1, 0.15) is 23.0 Å². The van der Waals surface area contributed by atoms with Gasteiger partial charge in [0, 0.05) is 0 Å². The van der Waals surface area contributed by atoms with Gasteiger partial charge >= 0.3 is 0 Å². The van der Waals surface area contributed by atoms with Crippen LogP contribution in [0.1, 0.15) is 66.8 Å². The van der Waals surface area contributed by atoms with Crippen molar-refractivity contribution in [3.8, 4) is 34.1 Å². The molecule has 38 heavy (non-hydrogen) atoms. The van der Waals surface area contributed by atoms with Crippen molar-refractivity contribution < 1.29 is 9.47 Å². The van der Waals surface area contributed by atoms with E-state index in [1.807, 2.05) is 0 Å². The summed E-state index contributed by atoms with van der Waals surface area (Å²) in [7, 11) is 0. The Morgan fingerprint density at radius 1 is 0.316 bits per heavy atom. The number of hydrogen-bond donors (Lipinski definition) is 0. The third-order valence-corrected chi connectivity index (χ3v) is 8.58. The van der Waals surface area contributed by atoms with E-state index in [0.29, 0.717) is 0 Å². The molecule has 0 amide bonds. The van der Waals surface area contributed by atoms with Crippen LogP contribution in [0, 0.1) is 83.1 Å². The van der Waals surface area contributed by atoms with Gasteiger partial charge in [-0.25, -0.2) is 0 Å². The lowest BCUT2D eigenvalue weighted by molar-refractivity contribution is 0.473. The van der Waals surface area contributed by atoms with Gasteiger partial charge in [-0.3, -0.25) is 0 Å². The Kier molecular flexibility index (Phi) is 7.48. The molecule has 0 fully saturated rings. The van der Waals surface area contributed by atoms with Gasteiger partial charge in [0.2, 0.25) is 0 Å². The molecule has 0 aliphatic carbocycles. The molecular weight excluding hydrogens is 464 g/mol. The van der Waals surface area contributed by atoms with Gasteiger partial charge in [-0.2, -0.15) is 0 Å². The molecule has 0 spiro atoms. The highest BCUT2D eigenvalue weighted by Gasteiger charge is 2.19. The highest BCUT2D eigenvalue weighted by atomic mass is 16.5. The van der Waals surface area contributed by atoms with Crippen LogP contribution in [0.2, 0.25) is 0 Å². The van der Waals surface area contributed by atoms with Crippen LogP contribution >= 0.6 is 0 Å². The summed E-state index contributed by atoms with van der Waals surface area (Å²) >= 11 is 0. The molecule has 0 heterocycles. The second-order valence-corrected chi connectivity index (χ2v) is 11.2. The normalized spacial score (nSPS) is 11.2. The van der Waals surface area contributed by atoms with Crippen molar-refractivity contribution in [1.82, 2.24) is 0 Å². The number of aryl methyl sites for hydroxylation is 6. The summed E-state index contributed by atoms with van der Waals surface area (Å²) in [6, 6.07) is 13.1. The minimum absolute atomic E-state index is 0.898. The smallest absolute Gasteiger partial charge is 0.133 e. The van der Waals surface area contributed by atoms with Crippen molar-refractivity contribution in [3.05, 3.63) is 103 Å². The van der Waals surface area contributed by atoms with Crippen molar-refractivity contribution in [3.63, 3.8) is 0 Å². The molecule has 0 aliphatic heterocycles. The van der Waals surface area contributed by atoms with Gasteiger partial charge < -0.3 is 9.47 Å². The predicted octanol–water partition coefficient (Wildman–Crippen LogP) is 10.6. The first-order valence-corrected chi connectivity index (χ1v) is 13.5. The molecule has 2 heteroatoms. The average Bonchev–Trinajstić information content (AvgIpc) is 2.85. The maximum absolute atomic E-state index is 6.50. The molecule has 0 saturated heterocycles. The van der Waals surface area contributed by atoms with Crippen LogP contribution in [-0.2, 0) is 0 Å². The van der Waals surface area contributed by atoms with E-state index in [1.165, 1.54) is 66.8 Å². The Labute approximate surface area is 229 Å². The number of benzene rings is 4. The minimum atomic E-state index is 0.898. The van der Waals surface area contributed by atoms with Crippen LogP contribution in [0.5, 0.6) is 23.0 Å². The van der Waals surface area contributed by atoms with Crippen molar-refractivity contribution >= 4 is 0 Å². The number of ether oxygens (including phenoxy) is 2. The van der Waals surface area contributed by atoms with Gasteiger partial charge in [-0.1, -0.05) is 0 Å². The van der Waals surface area contributed by atoms with Gasteiger partial charge in [0.25, 0.3) is 0 Å². The van der Waals surface area contributed by atoms with Crippen LogP contribution in [0.4, 0.5) is 0 Å². The summed E-state index contributed by atoms with van der Waals surface area (Å²) in [4.78, 5) is 0. The van der Waals surface area contributed by atoms with E-state index >= 15 is 0 Å². The molecular formula is C36H42O2. The molecule has 0 N–H and O–H groups in total. The Hall–Kier alpha value is -3.52. The summed E-state index contributed by atoms with van der Waals surface area (Å²) in [5.74, 6) is 3.69. The fourth-order valence-electron chi connectivity index (χ4n) is 5.34. The lowest BCUT2D eigenvalue weighted by atomic mass is 9.88. The van der Waals surface area contributed by atoms with Crippen molar-refractivity contribution in [2.24, 2.45) is 0 Å². The Bertz CT molecular complexity index is 1400. The van der Waals surface area contributed by atoms with Crippen LogP contribution < -0.4 is 9.47 Å². The quantitative estimate of drug-likeness (QED) is 0.268. The lowest BCUT2D eigenvalue weighted by Crippen LogP contribution is -2.01. The fraction of sp³-hybridized carbons (Fsp3) is 0.333. The number of hydrogen-bond acceptors (Lipinski definition) is 2. The van der Waals surface area contributed by atoms with E-state index in [4.69, 9.17) is 9.47 Å². The fourth-order valence-corrected chi connectivity index (χ4v) is 5.34. The number of rotatable bonds is 5. The minimum Gasteiger partial charge on any atom is -0.457 e. The van der Waals surface area contributed by atoms with Crippen LogP contribution in [-0.4, -0.2) is 0 Å². The third kappa shape index (κ3) is 4.97. The van der Waals surface area contributed by atoms with Crippen molar-refractivity contribution in [2.75, 3.05) is 0 Å². The monoisotopic (exact) mass is 506 g/mol. The summed E-state index contributed by atoms with van der Waals surface area (Å²) in [6.45, 7) is 25.9. The zero-order chi connectivity index (χ0) is 28.0. The maximum atomic E-state index is 6.50. The van der Waals surface area contributed by atoms with Crippen molar-refractivity contribution in [1.29, 1.82) is 0 Å². The molecule has 0 aliphatic rings. The SMILES string of the molecule is Cc1cc(Oc2c(C)cc(-c3cc(C)c(Oc4cc(C)c(C)c(C)c4)c(C)c3C)c(C)c2C)cc(C)c1C. The zero-order valence-corrected chi connectivity index (χ0v) is 25.3. The molecule has 198 valence electrons. The average molecular weight is 507 g/mol. The summed E-state index contributed by atoms with van der Waals surface area (Å²) < 4.78 is 13.0. The zero-order valence-electron chi connectivity index (χ0n) is 25.3. The van der Waals surface area contributed by atoms with Gasteiger partial charge in [-0.05, 0) is 197 Å². The summed E-state index contributed by atoms with van der Waals surface area (Å²) in [5, 5.41) is 0. The van der Waals surface area contributed by atoms with E-state index in [9.17, 15) is 0 Å². The molecule has 0 saturated carbocycles. The topological polar surface area (TPSA) is 18.5 Å². The highest BCUT2D eigenvalue weighted by Crippen LogP contribution is 2.42. The molecule has 0 radical (unpaired) electrons. The second kappa shape index (κ2) is 10.3. The van der Waals surface area contributed by atoms with E-state index in [1.54, 1.807) is 0 Å². The van der Waals surface area contributed by atoms with Gasteiger partial charge in [0.05, 0.1) is 0 Å². The Morgan fingerprint density at radius 2 is 0.605 bits per heavy atom. The third-order valence-electron chi connectivity index (χ3n) is 8.58. The molecule has 4 rings (SSSR count). The predicted molar refractivity (Wildman–Crippen MR) is 162 cm³/mol. The molecule has 0 atom stereocenters. The first-order valence-electron chi connectivity index (χ1n) is 13.5. The molecule has 0 unspecified atom stereocenters. The summed E-state index contributed by atoms with van der Waals surface area (Å²) in [5.41, 5.74) is 17.3. The Morgan fingerprint density at radius 3 is 0.895 bits per heavy atom. The maximum Gasteiger partial charge on any atom is 0.133 e. The first-order chi connectivity index (χ1) is 17.8. The van der Waals surface area contributed by atoms with E-state index < -0.39 is 0 Å². The largest absolute Gasteiger partial charge is 0.457 e. The van der Waals surface area contributed by atoms with E-state index in [-0.39, 0.29) is 0 Å².